The van der Waals surface area contributed by atoms with E-state index in [4.69, 9.17) is 14.6 Å². The van der Waals surface area contributed by atoms with Crippen LogP contribution in [0.4, 0.5) is 0 Å². The van der Waals surface area contributed by atoms with Crippen LogP contribution in [0.25, 0.3) is 0 Å². The second kappa shape index (κ2) is 6.84. The van der Waals surface area contributed by atoms with E-state index >= 15 is 0 Å². The lowest BCUT2D eigenvalue weighted by Crippen LogP contribution is -2.09. The largest absolute Gasteiger partial charge is 0.491 e. The van der Waals surface area contributed by atoms with Gasteiger partial charge in [0.1, 0.15) is 12.4 Å². The fourth-order valence-electron chi connectivity index (χ4n) is 0.997. The highest BCUT2D eigenvalue weighted by atomic mass is 16.5. The molecule has 4 nitrogen and oxygen atoms in total. The number of carboxylic acids is 1. The molecule has 4 heteroatoms. The fourth-order valence-corrected chi connectivity index (χ4v) is 0.997. The molecule has 1 aromatic rings. The van der Waals surface area contributed by atoms with Crippen LogP contribution >= 0.6 is 0 Å². The summed E-state index contributed by atoms with van der Waals surface area (Å²) in [6.07, 6.45) is 0.0331. The van der Waals surface area contributed by atoms with Crippen LogP contribution in [0.15, 0.2) is 30.3 Å². The average molecular weight is 210 g/mol. The first-order valence-corrected chi connectivity index (χ1v) is 4.76. The zero-order valence-corrected chi connectivity index (χ0v) is 8.39. The molecule has 0 unspecified atom stereocenters. The van der Waals surface area contributed by atoms with Crippen LogP contribution in [0.3, 0.4) is 0 Å². The Morgan fingerprint density at radius 3 is 2.53 bits per heavy atom. The van der Waals surface area contributed by atoms with E-state index in [0.29, 0.717) is 13.2 Å². The lowest BCUT2D eigenvalue weighted by Gasteiger charge is -2.05. The highest BCUT2D eigenvalue weighted by Crippen LogP contribution is 2.07. The van der Waals surface area contributed by atoms with Crippen LogP contribution in [-0.2, 0) is 9.53 Å². The minimum absolute atomic E-state index is 0.0331. The van der Waals surface area contributed by atoms with Crippen molar-refractivity contribution in [3.8, 4) is 5.75 Å². The van der Waals surface area contributed by atoms with Crippen LogP contribution in [0.1, 0.15) is 6.42 Å². The Balaban J connectivity index is 2.00. The van der Waals surface area contributed by atoms with Crippen molar-refractivity contribution in [1.29, 1.82) is 0 Å². The van der Waals surface area contributed by atoms with Gasteiger partial charge in [0.2, 0.25) is 0 Å². The smallest absolute Gasteiger partial charge is 0.305 e. The Hall–Kier alpha value is -1.55. The molecule has 1 aromatic carbocycles. The van der Waals surface area contributed by atoms with E-state index in [2.05, 4.69) is 0 Å². The van der Waals surface area contributed by atoms with Crippen molar-refractivity contribution in [3.63, 3.8) is 0 Å². The molecule has 0 fully saturated rings. The second-order valence-corrected chi connectivity index (χ2v) is 2.92. The molecule has 0 aliphatic heterocycles. The molecule has 0 bridgehead atoms. The number of aliphatic carboxylic acids is 1. The number of para-hydroxylation sites is 1. The summed E-state index contributed by atoms with van der Waals surface area (Å²) in [4.78, 5) is 10.1. The highest BCUT2D eigenvalue weighted by Gasteiger charge is 1.96. The van der Waals surface area contributed by atoms with E-state index in [1.54, 1.807) is 0 Å². The molecular formula is C11H14O4. The molecule has 0 amide bonds. The van der Waals surface area contributed by atoms with E-state index in [0.717, 1.165) is 5.75 Å². The van der Waals surface area contributed by atoms with Gasteiger partial charge in [-0.25, -0.2) is 0 Å². The summed E-state index contributed by atoms with van der Waals surface area (Å²) in [5.74, 6) is -0.0571. The number of ether oxygens (including phenoxy) is 2. The summed E-state index contributed by atoms with van der Waals surface area (Å²) in [5, 5.41) is 8.34. The molecular weight excluding hydrogens is 196 g/mol. The molecule has 0 saturated carbocycles. The van der Waals surface area contributed by atoms with Crippen LogP contribution < -0.4 is 4.74 Å². The molecule has 0 atom stereocenters. The molecule has 1 N–H and O–H groups in total. The van der Waals surface area contributed by atoms with Crippen molar-refractivity contribution in [1.82, 2.24) is 0 Å². The lowest BCUT2D eigenvalue weighted by molar-refractivity contribution is -0.138. The third kappa shape index (κ3) is 5.70. The molecule has 0 aliphatic carbocycles. The SMILES string of the molecule is O=C(O)CCOCCOc1ccccc1. The highest BCUT2D eigenvalue weighted by molar-refractivity contribution is 5.66. The number of hydrogen-bond donors (Lipinski definition) is 1. The summed E-state index contributed by atoms with van der Waals surface area (Å²) < 4.78 is 10.4. The van der Waals surface area contributed by atoms with Crippen molar-refractivity contribution >= 4 is 5.97 Å². The van der Waals surface area contributed by atoms with Crippen LogP contribution in [0.5, 0.6) is 5.75 Å². The van der Waals surface area contributed by atoms with Gasteiger partial charge in [0.05, 0.1) is 19.6 Å². The minimum Gasteiger partial charge on any atom is -0.491 e. The van der Waals surface area contributed by atoms with Crippen molar-refractivity contribution in [2.45, 2.75) is 6.42 Å². The predicted molar refractivity (Wildman–Crippen MR) is 55.0 cm³/mol. The van der Waals surface area contributed by atoms with E-state index in [-0.39, 0.29) is 13.0 Å². The Bertz CT molecular complexity index is 284. The van der Waals surface area contributed by atoms with Gasteiger partial charge in [-0.05, 0) is 12.1 Å². The fraction of sp³-hybridized carbons (Fsp3) is 0.364. The van der Waals surface area contributed by atoms with E-state index in [9.17, 15) is 4.79 Å². The quantitative estimate of drug-likeness (QED) is 0.694. The maximum absolute atomic E-state index is 10.1. The summed E-state index contributed by atoms with van der Waals surface area (Å²) in [5.41, 5.74) is 0. The predicted octanol–water partition coefficient (Wildman–Crippen LogP) is 1.56. The Kier molecular flexibility index (Phi) is 5.25. The van der Waals surface area contributed by atoms with E-state index < -0.39 is 5.97 Å². The number of benzene rings is 1. The van der Waals surface area contributed by atoms with Crippen LogP contribution in [0.2, 0.25) is 0 Å². The molecule has 0 aliphatic rings. The molecule has 0 radical (unpaired) electrons. The van der Waals surface area contributed by atoms with Crippen LogP contribution in [-0.4, -0.2) is 30.9 Å². The van der Waals surface area contributed by atoms with E-state index in [1.165, 1.54) is 0 Å². The van der Waals surface area contributed by atoms with Gasteiger partial charge in [-0.3, -0.25) is 4.79 Å². The summed E-state index contributed by atoms with van der Waals surface area (Å²) in [6, 6.07) is 9.41. The molecule has 0 saturated heterocycles. The van der Waals surface area contributed by atoms with Crippen LogP contribution in [0, 0.1) is 0 Å². The first kappa shape index (κ1) is 11.5. The van der Waals surface area contributed by atoms with Gasteiger partial charge in [0.15, 0.2) is 0 Å². The number of carboxylic acid groups (broad SMARTS) is 1. The maximum Gasteiger partial charge on any atom is 0.305 e. The molecule has 0 aromatic heterocycles. The molecule has 1 rings (SSSR count). The van der Waals surface area contributed by atoms with Gasteiger partial charge in [0, 0.05) is 0 Å². The Morgan fingerprint density at radius 2 is 1.87 bits per heavy atom. The zero-order chi connectivity index (χ0) is 10.9. The maximum atomic E-state index is 10.1. The van der Waals surface area contributed by atoms with Crippen molar-refractivity contribution in [3.05, 3.63) is 30.3 Å². The lowest BCUT2D eigenvalue weighted by atomic mass is 10.3. The zero-order valence-electron chi connectivity index (χ0n) is 8.39. The van der Waals surface area contributed by atoms with Gasteiger partial charge < -0.3 is 14.6 Å². The molecule has 0 spiro atoms. The Morgan fingerprint density at radius 1 is 1.13 bits per heavy atom. The molecule has 15 heavy (non-hydrogen) atoms. The minimum atomic E-state index is -0.848. The van der Waals surface area contributed by atoms with Crippen molar-refractivity contribution < 1.29 is 19.4 Å². The van der Waals surface area contributed by atoms with Crippen molar-refractivity contribution in [2.24, 2.45) is 0 Å². The van der Waals surface area contributed by atoms with Gasteiger partial charge in [-0.15, -0.1) is 0 Å². The number of rotatable bonds is 7. The van der Waals surface area contributed by atoms with Gasteiger partial charge in [0.25, 0.3) is 0 Å². The first-order valence-electron chi connectivity index (χ1n) is 4.76. The van der Waals surface area contributed by atoms with Gasteiger partial charge >= 0.3 is 5.97 Å². The summed E-state index contributed by atoms with van der Waals surface area (Å²) in [6.45, 7) is 1.07. The molecule has 82 valence electrons. The standard InChI is InChI=1S/C11H14O4/c12-11(13)6-7-14-8-9-15-10-4-2-1-3-5-10/h1-5H,6-9H2,(H,12,13). The normalized spacial score (nSPS) is 9.87. The number of hydrogen-bond acceptors (Lipinski definition) is 3. The summed E-state index contributed by atoms with van der Waals surface area (Å²) in [7, 11) is 0. The topological polar surface area (TPSA) is 55.8 Å². The number of carbonyl (C=O) groups is 1. The van der Waals surface area contributed by atoms with Gasteiger partial charge in [-0.2, -0.15) is 0 Å². The second-order valence-electron chi connectivity index (χ2n) is 2.92. The Labute approximate surface area is 88.4 Å². The van der Waals surface area contributed by atoms with E-state index in [1.807, 2.05) is 30.3 Å². The van der Waals surface area contributed by atoms with Crippen molar-refractivity contribution in [2.75, 3.05) is 19.8 Å². The van der Waals surface area contributed by atoms with Gasteiger partial charge in [-0.1, -0.05) is 18.2 Å². The summed E-state index contributed by atoms with van der Waals surface area (Å²) >= 11 is 0. The third-order valence-corrected chi connectivity index (χ3v) is 1.70. The average Bonchev–Trinajstić information content (AvgIpc) is 2.24. The first-order chi connectivity index (χ1) is 7.29. The molecule has 0 heterocycles. The monoisotopic (exact) mass is 210 g/mol. The third-order valence-electron chi connectivity index (χ3n) is 1.70.